The maximum Gasteiger partial charge on any atom is 0.219 e. The molecule has 25 heavy (non-hydrogen) atoms. The molecule has 0 bridgehead atoms. The highest BCUT2D eigenvalue weighted by molar-refractivity contribution is 5.35. The number of benzene rings is 1. The van der Waals surface area contributed by atoms with E-state index in [1.807, 2.05) is 65.6 Å². The minimum absolute atomic E-state index is 0.529. The van der Waals surface area contributed by atoms with Crippen molar-refractivity contribution in [3.63, 3.8) is 0 Å². The van der Waals surface area contributed by atoms with E-state index in [4.69, 9.17) is 4.74 Å². The number of para-hydroxylation sites is 1. The van der Waals surface area contributed by atoms with E-state index in [0.29, 0.717) is 11.8 Å². The van der Waals surface area contributed by atoms with Crippen LogP contribution in [0.25, 0.3) is 0 Å². The maximum absolute atomic E-state index is 5.71. The molecule has 0 amide bonds. The van der Waals surface area contributed by atoms with Gasteiger partial charge in [0, 0.05) is 50.4 Å². The number of nitrogens with zero attached hydrogens (tertiary/aromatic N) is 3. The summed E-state index contributed by atoms with van der Waals surface area (Å²) in [5.41, 5.74) is 1.14. The second kappa shape index (κ2) is 7.36. The van der Waals surface area contributed by atoms with E-state index in [-0.39, 0.29) is 0 Å². The summed E-state index contributed by atoms with van der Waals surface area (Å²) in [6, 6.07) is 15.6. The summed E-state index contributed by atoms with van der Waals surface area (Å²) in [4.78, 5) is 4.37. The van der Waals surface area contributed by atoms with Crippen molar-refractivity contribution in [2.24, 2.45) is 5.92 Å². The molecule has 3 heterocycles. The number of hydrogen-bond donors (Lipinski definition) is 2. The third-order valence-corrected chi connectivity index (χ3v) is 4.24. The highest BCUT2D eigenvalue weighted by Crippen LogP contribution is 2.19. The summed E-state index contributed by atoms with van der Waals surface area (Å²) in [5, 5.41) is 11.2. The Balaban J connectivity index is 1.25. The predicted molar refractivity (Wildman–Crippen MR) is 96.7 cm³/mol. The van der Waals surface area contributed by atoms with Crippen LogP contribution in [0.2, 0.25) is 0 Å². The van der Waals surface area contributed by atoms with E-state index < -0.39 is 0 Å². The molecule has 0 saturated carbocycles. The second-order valence-electron chi connectivity index (χ2n) is 6.20. The van der Waals surface area contributed by atoms with Crippen molar-refractivity contribution in [3.8, 4) is 11.6 Å². The molecule has 0 aliphatic carbocycles. The molecule has 0 fully saturated rings. The lowest BCUT2D eigenvalue weighted by molar-refractivity contribution is 0.391. The lowest BCUT2D eigenvalue weighted by Gasteiger charge is -2.25. The van der Waals surface area contributed by atoms with E-state index in [2.05, 4.69) is 20.7 Å². The Bertz CT molecular complexity index is 800. The van der Waals surface area contributed by atoms with Crippen LogP contribution in [-0.4, -0.2) is 27.9 Å². The van der Waals surface area contributed by atoms with Crippen LogP contribution >= 0.6 is 0 Å². The SMILES string of the molecule is c1ccc(Oc2ccc(CNC[C@@H]3CNc4ccnn4C3)cn2)cc1. The molecule has 128 valence electrons. The summed E-state index contributed by atoms with van der Waals surface area (Å²) in [6.45, 7) is 3.65. The highest BCUT2D eigenvalue weighted by atomic mass is 16.5. The smallest absolute Gasteiger partial charge is 0.219 e. The Labute approximate surface area is 146 Å². The van der Waals surface area contributed by atoms with E-state index >= 15 is 0 Å². The second-order valence-corrected chi connectivity index (χ2v) is 6.20. The number of fused-ring (bicyclic) bond motifs is 1. The number of nitrogens with one attached hydrogen (secondary N) is 2. The molecule has 0 radical (unpaired) electrons. The van der Waals surface area contributed by atoms with Crippen molar-refractivity contribution < 1.29 is 4.74 Å². The highest BCUT2D eigenvalue weighted by Gasteiger charge is 2.17. The summed E-state index contributed by atoms with van der Waals surface area (Å²) < 4.78 is 7.73. The van der Waals surface area contributed by atoms with E-state index in [9.17, 15) is 0 Å². The Hall–Kier alpha value is -2.86. The number of hydrogen-bond acceptors (Lipinski definition) is 5. The number of pyridine rings is 1. The molecule has 0 unspecified atom stereocenters. The average Bonchev–Trinajstić information content (AvgIpc) is 3.12. The third kappa shape index (κ3) is 3.97. The average molecular weight is 335 g/mol. The first-order chi connectivity index (χ1) is 12.4. The van der Waals surface area contributed by atoms with Crippen molar-refractivity contribution >= 4 is 5.82 Å². The first-order valence-corrected chi connectivity index (χ1v) is 8.51. The molecule has 1 aliphatic rings. The third-order valence-electron chi connectivity index (χ3n) is 4.24. The van der Waals surface area contributed by atoms with Gasteiger partial charge in [0.1, 0.15) is 11.6 Å². The minimum atomic E-state index is 0.529. The van der Waals surface area contributed by atoms with Crippen LogP contribution in [-0.2, 0) is 13.1 Å². The number of anilines is 1. The van der Waals surface area contributed by atoms with Crippen LogP contribution in [0.1, 0.15) is 5.56 Å². The number of ether oxygens (including phenoxy) is 1. The molecule has 0 spiro atoms. The van der Waals surface area contributed by atoms with E-state index in [1.165, 1.54) is 0 Å². The van der Waals surface area contributed by atoms with E-state index in [0.717, 1.165) is 43.3 Å². The van der Waals surface area contributed by atoms with Gasteiger partial charge in [0.15, 0.2) is 0 Å². The normalized spacial score (nSPS) is 16.1. The topological polar surface area (TPSA) is 64.0 Å². The van der Waals surface area contributed by atoms with Gasteiger partial charge in [-0.2, -0.15) is 5.10 Å². The molecule has 1 aliphatic heterocycles. The van der Waals surface area contributed by atoms with Crippen molar-refractivity contribution in [3.05, 3.63) is 66.5 Å². The Morgan fingerprint density at radius 3 is 2.92 bits per heavy atom. The zero-order chi connectivity index (χ0) is 16.9. The summed E-state index contributed by atoms with van der Waals surface area (Å²) >= 11 is 0. The van der Waals surface area contributed by atoms with Gasteiger partial charge in [0.25, 0.3) is 0 Å². The lowest BCUT2D eigenvalue weighted by Crippen LogP contribution is -2.35. The fraction of sp³-hybridized carbons (Fsp3) is 0.263. The Kier molecular flexibility index (Phi) is 4.61. The molecular formula is C19H21N5O. The molecule has 6 nitrogen and oxygen atoms in total. The molecular weight excluding hydrogens is 314 g/mol. The van der Waals surface area contributed by atoms with Crippen molar-refractivity contribution in [2.45, 2.75) is 13.1 Å². The van der Waals surface area contributed by atoms with Crippen LogP contribution < -0.4 is 15.4 Å². The monoisotopic (exact) mass is 335 g/mol. The Morgan fingerprint density at radius 1 is 1.16 bits per heavy atom. The fourth-order valence-electron chi connectivity index (χ4n) is 2.93. The van der Waals surface area contributed by atoms with Crippen LogP contribution in [0.5, 0.6) is 11.6 Å². The molecule has 1 atom stereocenters. The molecule has 6 heteroatoms. The summed E-state index contributed by atoms with van der Waals surface area (Å²) in [6.07, 6.45) is 3.69. The fourth-order valence-corrected chi connectivity index (χ4v) is 2.93. The largest absolute Gasteiger partial charge is 0.439 e. The van der Waals surface area contributed by atoms with Gasteiger partial charge in [-0.3, -0.25) is 0 Å². The van der Waals surface area contributed by atoms with Gasteiger partial charge in [0.2, 0.25) is 5.88 Å². The quantitative estimate of drug-likeness (QED) is 0.725. The predicted octanol–water partition coefficient (Wildman–Crippen LogP) is 2.90. The number of rotatable bonds is 6. The molecule has 4 rings (SSSR count). The standard InChI is InChI=1S/C19H21N5O/c1-2-4-17(5-3-1)25-19-7-6-15(12-22-19)10-20-11-16-13-21-18-8-9-23-24(18)14-16/h1-9,12,16,20-21H,10-11,13-14H2/t16-/m1/s1. The summed E-state index contributed by atoms with van der Waals surface area (Å²) in [7, 11) is 0. The van der Waals surface area contributed by atoms with Crippen LogP contribution in [0, 0.1) is 5.92 Å². The minimum Gasteiger partial charge on any atom is -0.439 e. The van der Waals surface area contributed by atoms with Crippen molar-refractivity contribution in [2.75, 3.05) is 18.4 Å². The van der Waals surface area contributed by atoms with Crippen LogP contribution in [0.3, 0.4) is 0 Å². The van der Waals surface area contributed by atoms with Crippen LogP contribution in [0.15, 0.2) is 60.9 Å². The first kappa shape index (κ1) is 15.7. The lowest BCUT2D eigenvalue weighted by atomic mass is 10.1. The molecule has 2 aromatic heterocycles. The van der Waals surface area contributed by atoms with Crippen molar-refractivity contribution in [1.82, 2.24) is 20.1 Å². The van der Waals surface area contributed by atoms with Gasteiger partial charge in [-0.05, 0) is 17.7 Å². The van der Waals surface area contributed by atoms with Crippen LogP contribution in [0.4, 0.5) is 5.82 Å². The van der Waals surface area contributed by atoms with Crippen molar-refractivity contribution in [1.29, 1.82) is 0 Å². The van der Waals surface area contributed by atoms with Gasteiger partial charge in [-0.15, -0.1) is 0 Å². The van der Waals surface area contributed by atoms with Gasteiger partial charge < -0.3 is 15.4 Å². The summed E-state index contributed by atoms with van der Waals surface area (Å²) in [5.74, 6) is 3.04. The maximum atomic E-state index is 5.71. The Morgan fingerprint density at radius 2 is 2.08 bits per heavy atom. The van der Waals surface area contributed by atoms with E-state index in [1.54, 1.807) is 0 Å². The molecule has 0 saturated heterocycles. The van der Waals surface area contributed by atoms with Gasteiger partial charge in [-0.1, -0.05) is 24.3 Å². The zero-order valence-corrected chi connectivity index (χ0v) is 13.9. The van der Waals surface area contributed by atoms with Gasteiger partial charge in [-0.25, -0.2) is 9.67 Å². The van der Waals surface area contributed by atoms with Gasteiger partial charge in [0.05, 0.1) is 6.20 Å². The first-order valence-electron chi connectivity index (χ1n) is 8.51. The number of aromatic nitrogens is 3. The molecule has 1 aromatic carbocycles. The van der Waals surface area contributed by atoms with Gasteiger partial charge >= 0.3 is 0 Å². The zero-order valence-electron chi connectivity index (χ0n) is 13.9. The molecule has 3 aromatic rings. The molecule has 2 N–H and O–H groups in total.